The summed E-state index contributed by atoms with van der Waals surface area (Å²) in [6.07, 6.45) is 0. The molecule has 0 atom stereocenters. The summed E-state index contributed by atoms with van der Waals surface area (Å²) in [4.78, 5) is 12.0. The summed E-state index contributed by atoms with van der Waals surface area (Å²) < 4.78 is 11.9. The second-order valence-electron chi connectivity index (χ2n) is 9.41. The molecule has 4 nitrogen and oxygen atoms in total. The fraction of sp³-hybridized carbons (Fsp3) is 0.321. The quantitative estimate of drug-likeness (QED) is 0.623. The molecule has 0 saturated carbocycles. The third-order valence-electron chi connectivity index (χ3n) is 7.42. The van der Waals surface area contributed by atoms with Gasteiger partial charge in [0.2, 0.25) is 5.91 Å². The summed E-state index contributed by atoms with van der Waals surface area (Å²) in [5.74, 6) is 1.76. The van der Waals surface area contributed by atoms with Gasteiger partial charge in [0.1, 0.15) is 11.5 Å². The van der Waals surface area contributed by atoms with Crippen LogP contribution in [0.2, 0.25) is 0 Å². The van der Waals surface area contributed by atoms with Gasteiger partial charge in [-0.1, -0.05) is 62.4 Å². The van der Waals surface area contributed by atoms with E-state index in [0.29, 0.717) is 6.54 Å². The highest BCUT2D eigenvalue weighted by molar-refractivity contribution is 5.78. The number of amides is 1. The fourth-order valence-corrected chi connectivity index (χ4v) is 6.22. The highest BCUT2D eigenvalue weighted by atomic mass is 16.5. The molecule has 3 aliphatic carbocycles. The van der Waals surface area contributed by atoms with E-state index in [-0.39, 0.29) is 17.2 Å². The molecule has 2 bridgehead atoms. The van der Waals surface area contributed by atoms with Gasteiger partial charge in [0.15, 0.2) is 0 Å². The van der Waals surface area contributed by atoms with Gasteiger partial charge < -0.3 is 14.8 Å². The van der Waals surface area contributed by atoms with E-state index in [4.69, 9.17) is 9.47 Å². The van der Waals surface area contributed by atoms with Crippen molar-refractivity contribution in [1.82, 2.24) is 5.32 Å². The Morgan fingerprint density at radius 3 is 1.97 bits per heavy atom. The minimum atomic E-state index is -0.521. The van der Waals surface area contributed by atoms with Crippen LogP contribution in [-0.4, -0.2) is 26.7 Å². The zero-order valence-electron chi connectivity index (χ0n) is 19.3. The van der Waals surface area contributed by atoms with E-state index < -0.39 is 5.41 Å². The highest BCUT2D eigenvalue weighted by Crippen LogP contribution is 2.67. The molecule has 0 fully saturated rings. The molecular weight excluding hydrogens is 398 g/mol. The van der Waals surface area contributed by atoms with E-state index in [1.165, 1.54) is 27.8 Å². The number of ether oxygens (including phenoxy) is 2. The summed E-state index contributed by atoms with van der Waals surface area (Å²) in [7, 11) is 3.47. The lowest BCUT2D eigenvalue weighted by atomic mass is 9.45. The van der Waals surface area contributed by atoms with Gasteiger partial charge in [-0.05, 0) is 34.4 Å². The Morgan fingerprint density at radius 2 is 1.44 bits per heavy atom. The van der Waals surface area contributed by atoms with Gasteiger partial charge in [0, 0.05) is 35.9 Å². The molecule has 0 radical (unpaired) electrons. The van der Waals surface area contributed by atoms with Crippen LogP contribution in [0.5, 0.6) is 11.5 Å². The number of hydrogen-bond donors (Lipinski definition) is 1. The molecule has 0 unspecified atom stereocenters. The van der Waals surface area contributed by atoms with Crippen molar-refractivity contribution < 1.29 is 14.3 Å². The summed E-state index contributed by atoms with van der Waals surface area (Å²) in [5.41, 5.74) is 6.56. The van der Waals surface area contributed by atoms with Crippen molar-refractivity contribution in [3.8, 4) is 11.5 Å². The Morgan fingerprint density at radius 1 is 0.906 bits per heavy atom. The normalized spacial score (nSPS) is 20.1. The first-order valence-corrected chi connectivity index (χ1v) is 11.1. The third-order valence-corrected chi connectivity index (χ3v) is 7.42. The minimum Gasteiger partial charge on any atom is -0.496 e. The van der Waals surface area contributed by atoms with Crippen LogP contribution in [0, 0.1) is 5.41 Å². The predicted octanol–water partition coefficient (Wildman–Crippen LogP) is 5.01. The van der Waals surface area contributed by atoms with Crippen molar-refractivity contribution in [3.63, 3.8) is 0 Å². The zero-order chi connectivity index (χ0) is 22.7. The monoisotopic (exact) mass is 427 g/mol. The lowest BCUT2D eigenvalue weighted by Crippen LogP contribution is -2.55. The Labute approximate surface area is 189 Å². The Kier molecular flexibility index (Phi) is 4.59. The Hall–Kier alpha value is -3.27. The summed E-state index contributed by atoms with van der Waals surface area (Å²) in [6, 6.07) is 21.5. The SMILES string of the molecule is COc1ccc(OC)c2c1C1c3ccccc3C2(C(C)(C)CNC(C)=O)c2ccccc21. The van der Waals surface area contributed by atoms with Crippen molar-refractivity contribution >= 4 is 5.91 Å². The average molecular weight is 428 g/mol. The third kappa shape index (κ3) is 2.46. The molecule has 164 valence electrons. The van der Waals surface area contributed by atoms with E-state index in [2.05, 4.69) is 67.7 Å². The van der Waals surface area contributed by atoms with Gasteiger partial charge in [0.05, 0.1) is 19.6 Å². The molecule has 1 amide bonds. The average Bonchev–Trinajstić information content (AvgIpc) is 2.81. The second-order valence-corrected chi connectivity index (χ2v) is 9.41. The molecule has 6 rings (SSSR count). The van der Waals surface area contributed by atoms with Crippen molar-refractivity contribution in [1.29, 1.82) is 0 Å². The first kappa shape index (κ1) is 20.6. The lowest BCUT2D eigenvalue weighted by Gasteiger charge is -2.58. The maximum Gasteiger partial charge on any atom is 0.216 e. The van der Waals surface area contributed by atoms with Crippen LogP contribution in [0.4, 0.5) is 0 Å². The molecular formula is C28H29NO3. The first-order chi connectivity index (χ1) is 15.4. The highest BCUT2D eigenvalue weighted by Gasteiger charge is 2.60. The van der Waals surface area contributed by atoms with Gasteiger partial charge in [0.25, 0.3) is 0 Å². The van der Waals surface area contributed by atoms with Crippen molar-refractivity contribution in [2.75, 3.05) is 20.8 Å². The van der Waals surface area contributed by atoms with Crippen LogP contribution in [0.25, 0.3) is 0 Å². The van der Waals surface area contributed by atoms with Crippen molar-refractivity contribution in [2.24, 2.45) is 5.41 Å². The van der Waals surface area contributed by atoms with Crippen molar-refractivity contribution in [2.45, 2.75) is 32.1 Å². The minimum absolute atomic E-state index is 0.0293. The molecule has 0 saturated heterocycles. The number of hydrogen-bond acceptors (Lipinski definition) is 3. The number of methoxy groups -OCH3 is 2. The zero-order valence-corrected chi connectivity index (χ0v) is 19.3. The van der Waals surface area contributed by atoms with Crippen LogP contribution in [0.3, 0.4) is 0 Å². The van der Waals surface area contributed by atoms with Crippen LogP contribution >= 0.6 is 0 Å². The van der Waals surface area contributed by atoms with Crippen LogP contribution in [0.15, 0.2) is 60.7 Å². The summed E-state index contributed by atoms with van der Waals surface area (Å²) in [5, 5.41) is 3.11. The fourth-order valence-electron chi connectivity index (χ4n) is 6.22. The first-order valence-electron chi connectivity index (χ1n) is 11.1. The summed E-state index contributed by atoms with van der Waals surface area (Å²) in [6.45, 7) is 6.58. The molecule has 0 aliphatic heterocycles. The van der Waals surface area contributed by atoms with E-state index in [1.54, 1.807) is 21.1 Å². The molecule has 3 aromatic rings. The Bertz CT molecular complexity index is 1180. The topological polar surface area (TPSA) is 47.6 Å². The van der Waals surface area contributed by atoms with Gasteiger partial charge in [-0.3, -0.25) is 4.79 Å². The summed E-state index contributed by atoms with van der Waals surface area (Å²) >= 11 is 0. The molecule has 32 heavy (non-hydrogen) atoms. The molecule has 1 N–H and O–H groups in total. The molecule has 0 aromatic heterocycles. The number of benzene rings is 3. The van der Waals surface area contributed by atoms with Gasteiger partial charge >= 0.3 is 0 Å². The van der Waals surface area contributed by atoms with E-state index in [9.17, 15) is 4.79 Å². The molecule has 0 heterocycles. The van der Waals surface area contributed by atoms with Crippen LogP contribution in [-0.2, 0) is 10.2 Å². The second kappa shape index (κ2) is 7.13. The standard InChI is InChI=1S/C28H29NO3/c1-17(30)29-16-27(2,3)28-20-12-8-6-10-18(20)24(19-11-7-9-13-21(19)28)25-22(31-4)14-15-23(32-5)26(25)28/h6-15,24H,16H2,1-5H3,(H,29,30). The van der Waals surface area contributed by atoms with Gasteiger partial charge in [-0.25, -0.2) is 0 Å². The van der Waals surface area contributed by atoms with Crippen molar-refractivity contribution in [3.05, 3.63) is 94.0 Å². The maximum absolute atomic E-state index is 12.0. The van der Waals surface area contributed by atoms with E-state index in [0.717, 1.165) is 17.1 Å². The van der Waals surface area contributed by atoms with Crippen LogP contribution < -0.4 is 14.8 Å². The van der Waals surface area contributed by atoms with E-state index in [1.807, 2.05) is 12.1 Å². The number of carbonyl (C=O) groups excluding carboxylic acids is 1. The Balaban J connectivity index is 1.98. The van der Waals surface area contributed by atoms with Crippen LogP contribution in [0.1, 0.15) is 60.1 Å². The number of nitrogens with one attached hydrogen (secondary N) is 1. The van der Waals surface area contributed by atoms with Gasteiger partial charge in [-0.15, -0.1) is 0 Å². The molecule has 3 aromatic carbocycles. The largest absolute Gasteiger partial charge is 0.496 e. The van der Waals surface area contributed by atoms with Gasteiger partial charge in [-0.2, -0.15) is 0 Å². The molecule has 4 heteroatoms. The van der Waals surface area contributed by atoms with E-state index >= 15 is 0 Å². The molecule has 3 aliphatic rings. The number of carbonyl (C=O) groups is 1. The molecule has 0 spiro atoms. The smallest absolute Gasteiger partial charge is 0.216 e. The lowest BCUT2D eigenvalue weighted by molar-refractivity contribution is -0.119. The maximum atomic E-state index is 12.0. The number of rotatable bonds is 5. The predicted molar refractivity (Wildman–Crippen MR) is 126 cm³/mol.